The van der Waals surface area contributed by atoms with E-state index >= 15 is 0 Å². The molecule has 0 unspecified atom stereocenters. The summed E-state index contributed by atoms with van der Waals surface area (Å²) >= 11 is 5.67. The summed E-state index contributed by atoms with van der Waals surface area (Å²) in [6, 6.07) is 37.2. The molecule has 0 atom stereocenters. The van der Waals surface area contributed by atoms with E-state index < -0.39 is 0 Å². The number of aromatic nitrogens is 1. The van der Waals surface area contributed by atoms with E-state index in [9.17, 15) is 0 Å². The zero-order chi connectivity index (χ0) is 21.9. The van der Waals surface area contributed by atoms with Gasteiger partial charge in [-0.3, -0.25) is 0 Å². The number of benzene rings is 5. The monoisotopic (exact) mass is 503 g/mol. The first-order chi connectivity index (χ1) is 16.3. The van der Waals surface area contributed by atoms with Gasteiger partial charge in [0.25, 0.3) is 0 Å². The molecule has 0 fully saturated rings. The van der Waals surface area contributed by atoms with Crippen molar-refractivity contribution in [2.45, 2.75) is 0 Å². The number of hydrogen-bond acceptors (Lipinski definition) is 1. The minimum Gasteiger partial charge on any atom is -0.354 e. The Morgan fingerprint density at radius 2 is 1.24 bits per heavy atom. The minimum atomic E-state index is 1.08. The van der Waals surface area contributed by atoms with Crippen molar-refractivity contribution in [3.05, 3.63) is 108 Å². The number of thiophene rings is 1. The summed E-state index contributed by atoms with van der Waals surface area (Å²) in [4.78, 5) is 3.66. The van der Waals surface area contributed by atoms with Gasteiger partial charge in [0.2, 0.25) is 0 Å². The van der Waals surface area contributed by atoms with E-state index in [-0.39, 0.29) is 0 Å². The Labute approximate surface area is 203 Å². The van der Waals surface area contributed by atoms with Crippen LogP contribution < -0.4 is 0 Å². The summed E-state index contributed by atoms with van der Waals surface area (Å²) < 4.78 is 3.76. The van der Waals surface area contributed by atoms with Crippen LogP contribution in [0.3, 0.4) is 0 Å². The lowest BCUT2D eigenvalue weighted by molar-refractivity contribution is 1.53. The SMILES string of the molecule is Brc1cc(-c2cccc3c2[nH]c2ccccc23)cc(-c2cccc3c2sc2ccccc23)c1. The second-order valence-electron chi connectivity index (χ2n) is 8.41. The molecule has 0 spiro atoms. The highest BCUT2D eigenvalue weighted by molar-refractivity contribution is 9.10. The average Bonchev–Trinajstić information content (AvgIpc) is 3.42. The highest BCUT2D eigenvalue weighted by Crippen LogP contribution is 2.42. The molecule has 2 heterocycles. The molecule has 0 radical (unpaired) electrons. The van der Waals surface area contributed by atoms with Crippen LogP contribution in [0.4, 0.5) is 0 Å². The molecule has 0 saturated heterocycles. The third-order valence-electron chi connectivity index (χ3n) is 6.47. The normalized spacial score (nSPS) is 11.8. The van der Waals surface area contributed by atoms with Gasteiger partial charge in [0.05, 0.1) is 5.52 Å². The summed E-state index contributed by atoms with van der Waals surface area (Å²) in [6.07, 6.45) is 0. The van der Waals surface area contributed by atoms with Gasteiger partial charge in [0, 0.05) is 46.5 Å². The van der Waals surface area contributed by atoms with Crippen molar-refractivity contribution in [2.75, 3.05) is 0 Å². The van der Waals surface area contributed by atoms with Crippen LogP contribution in [0, 0.1) is 0 Å². The lowest BCUT2D eigenvalue weighted by atomic mass is 9.96. The summed E-state index contributed by atoms with van der Waals surface area (Å²) in [5, 5.41) is 5.18. The standard InChI is InChI=1S/C30H18BrNS/c31-20-16-18(21-9-5-11-25-23-7-1-3-13-27(23)32-29(21)25)15-19(17-20)22-10-6-12-26-24-8-2-4-14-28(24)33-30(22)26/h1-17,32H. The maximum Gasteiger partial charge on any atom is 0.0544 e. The number of para-hydroxylation sites is 2. The number of hydrogen-bond donors (Lipinski definition) is 1. The Morgan fingerprint density at radius 3 is 2.12 bits per heavy atom. The van der Waals surface area contributed by atoms with Crippen LogP contribution in [-0.2, 0) is 0 Å². The fourth-order valence-electron chi connectivity index (χ4n) is 4.99. The van der Waals surface area contributed by atoms with E-state index in [0.717, 1.165) is 4.47 Å². The van der Waals surface area contributed by atoms with Crippen molar-refractivity contribution in [1.82, 2.24) is 4.98 Å². The van der Waals surface area contributed by atoms with Crippen molar-refractivity contribution < 1.29 is 0 Å². The molecule has 0 amide bonds. The van der Waals surface area contributed by atoms with E-state index in [2.05, 4.69) is 124 Å². The Balaban J connectivity index is 1.48. The zero-order valence-electron chi connectivity index (χ0n) is 17.6. The molecule has 156 valence electrons. The molecular formula is C30H18BrNS. The molecule has 0 aliphatic carbocycles. The Hall–Kier alpha value is -3.40. The van der Waals surface area contributed by atoms with Gasteiger partial charge in [0.15, 0.2) is 0 Å². The fourth-order valence-corrected chi connectivity index (χ4v) is 6.72. The maximum absolute atomic E-state index is 3.80. The van der Waals surface area contributed by atoms with Crippen molar-refractivity contribution in [3.63, 3.8) is 0 Å². The van der Waals surface area contributed by atoms with Gasteiger partial charge in [-0.1, -0.05) is 88.7 Å². The molecule has 33 heavy (non-hydrogen) atoms. The van der Waals surface area contributed by atoms with E-state index in [1.165, 1.54) is 64.2 Å². The van der Waals surface area contributed by atoms with Crippen LogP contribution in [-0.4, -0.2) is 4.98 Å². The quantitative estimate of drug-likeness (QED) is 0.241. The van der Waals surface area contributed by atoms with E-state index in [0.29, 0.717) is 0 Å². The van der Waals surface area contributed by atoms with Crippen LogP contribution in [0.25, 0.3) is 64.2 Å². The van der Waals surface area contributed by atoms with Gasteiger partial charge in [-0.05, 0) is 47.0 Å². The second-order valence-corrected chi connectivity index (χ2v) is 10.4. The summed E-state index contributed by atoms with van der Waals surface area (Å²) in [7, 11) is 0. The summed E-state index contributed by atoms with van der Waals surface area (Å²) in [6.45, 7) is 0. The zero-order valence-corrected chi connectivity index (χ0v) is 20.0. The number of rotatable bonds is 2. The molecule has 3 heteroatoms. The van der Waals surface area contributed by atoms with Crippen molar-refractivity contribution in [3.8, 4) is 22.3 Å². The predicted molar refractivity (Wildman–Crippen MR) is 147 cm³/mol. The van der Waals surface area contributed by atoms with E-state index in [1.807, 2.05) is 11.3 Å². The summed E-state index contributed by atoms with van der Waals surface area (Å²) in [5.41, 5.74) is 7.28. The fraction of sp³-hybridized carbons (Fsp3) is 0. The Morgan fingerprint density at radius 1 is 0.576 bits per heavy atom. The van der Waals surface area contributed by atoms with Gasteiger partial charge in [0.1, 0.15) is 0 Å². The van der Waals surface area contributed by atoms with Gasteiger partial charge < -0.3 is 4.98 Å². The van der Waals surface area contributed by atoms with Crippen LogP contribution in [0.15, 0.2) is 108 Å². The second kappa shape index (κ2) is 7.31. The molecule has 0 bridgehead atoms. The number of nitrogens with one attached hydrogen (secondary N) is 1. The van der Waals surface area contributed by atoms with Crippen LogP contribution in [0.2, 0.25) is 0 Å². The molecule has 1 N–H and O–H groups in total. The third kappa shape index (κ3) is 2.97. The highest BCUT2D eigenvalue weighted by Gasteiger charge is 2.14. The first-order valence-electron chi connectivity index (χ1n) is 11.0. The molecule has 2 aromatic heterocycles. The van der Waals surface area contributed by atoms with Crippen molar-refractivity contribution in [1.29, 1.82) is 0 Å². The number of aromatic amines is 1. The third-order valence-corrected chi connectivity index (χ3v) is 8.14. The number of H-pyrrole nitrogens is 1. The number of fused-ring (bicyclic) bond motifs is 6. The highest BCUT2D eigenvalue weighted by atomic mass is 79.9. The van der Waals surface area contributed by atoms with Crippen LogP contribution in [0.1, 0.15) is 0 Å². The molecule has 0 aliphatic rings. The molecule has 0 aliphatic heterocycles. The topological polar surface area (TPSA) is 15.8 Å². The lowest BCUT2D eigenvalue weighted by Crippen LogP contribution is -1.85. The van der Waals surface area contributed by atoms with Gasteiger partial charge in [-0.25, -0.2) is 0 Å². The van der Waals surface area contributed by atoms with E-state index in [4.69, 9.17) is 0 Å². The molecule has 5 aromatic carbocycles. The smallest absolute Gasteiger partial charge is 0.0544 e. The Bertz CT molecular complexity index is 1710. The Kier molecular flexibility index (Phi) is 4.23. The number of halogens is 1. The molecule has 7 rings (SSSR count). The molecular weight excluding hydrogens is 486 g/mol. The van der Waals surface area contributed by atoms with Crippen LogP contribution >= 0.6 is 27.3 Å². The maximum atomic E-state index is 3.80. The molecule has 0 saturated carbocycles. The van der Waals surface area contributed by atoms with Crippen LogP contribution in [0.5, 0.6) is 0 Å². The van der Waals surface area contributed by atoms with Gasteiger partial charge in [-0.15, -0.1) is 11.3 Å². The van der Waals surface area contributed by atoms with Crippen molar-refractivity contribution in [2.24, 2.45) is 0 Å². The van der Waals surface area contributed by atoms with Gasteiger partial charge in [-0.2, -0.15) is 0 Å². The average molecular weight is 504 g/mol. The largest absolute Gasteiger partial charge is 0.354 e. The lowest BCUT2D eigenvalue weighted by Gasteiger charge is -2.10. The predicted octanol–water partition coefficient (Wildman–Crippen LogP) is 9.79. The van der Waals surface area contributed by atoms with Gasteiger partial charge >= 0.3 is 0 Å². The molecule has 1 nitrogen and oxygen atoms in total. The summed E-state index contributed by atoms with van der Waals surface area (Å²) in [5.74, 6) is 0. The first-order valence-corrected chi connectivity index (χ1v) is 12.6. The van der Waals surface area contributed by atoms with Crippen molar-refractivity contribution >= 4 is 69.2 Å². The molecule has 7 aromatic rings. The minimum absolute atomic E-state index is 1.08. The first kappa shape index (κ1) is 19.1. The van der Waals surface area contributed by atoms with E-state index in [1.54, 1.807) is 0 Å².